The van der Waals surface area contributed by atoms with Crippen molar-refractivity contribution in [3.8, 4) is 0 Å². The summed E-state index contributed by atoms with van der Waals surface area (Å²) >= 11 is 0. The number of carbonyl (C=O) groups excluding carboxylic acids is 2. The summed E-state index contributed by atoms with van der Waals surface area (Å²) in [5.74, 6) is 1.40. The number of imidazole rings is 1. The van der Waals surface area contributed by atoms with E-state index in [9.17, 15) is 9.59 Å². The molecule has 2 aromatic heterocycles. The van der Waals surface area contributed by atoms with Crippen LogP contribution in [0.4, 0.5) is 0 Å². The Balaban J connectivity index is 1.69. The van der Waals surface area contributed by atoms with E-state index in [1.807, 2.05) is 34.9 Å². The number of aryl methyl sites for hydroxylation is 1. The largest absolute Gasteiger partial charge is 0.467 e. The molecule has 1 aromatic carbocycles. The zero-order chi connectivity index (χ0) is 18.4. The summed E-state index contributed by atoms with van der Waals surface area (Å²) in [7, 11) is 0. The first-order chi connectivity index (χ1) is 12.6. The summed E-state index contributed by atoms with van der Waals surface area (Å²) in [6.07, 6.45) is 3.02. The summed E-state index contributed by atoms with van der Waals surface area (Å²) < 4.78 is 7.16. The van der Waals surface area contributed by atoms with Crippen LogP contribution in [0.15, 0.2) is 47.1 Å². The molecule has 2 N–H and O–H groups in total. The molecular formula is C19H22N4O3. The quantitative estimate of drug-likeness (QED) is 0.606. The number of nitrogens with one attached hydrogen (secondary N) is 2. The van der Waals surface area contributed by atoms with Crippen LogP contribution in [-0.4, -0.2) is 27.9 Å². The van der Waals surface area contributed by atoms with E-state index >= 15 is 0 Å². The normalized spacial score (nSPS) is 10.8. The highest BCUT2D eigenvalue weighted by Gasteiger charge is 2.13. The van der Waals surface area contributed by atoms with Crippen LogP contribution in [0.5, 0.6) is 0 Å². The molecule has 0 bridgehead atoms. The second-order valence-electron chi connectivity index (χ2n) is 6.05. The lowest BCUT2D eigenvalue weighted by Crippen LogP contribution is -2.28. The molecule has 0 unspecified atom stereocenters. The van der Waals surface area contributed by atoms with E-state index in [0.717, 1.165) is 23.3 Å². The van der Waals surface area contributed by atoms with Gasteiger partial charge in [-0.15, -0.1) is 0 Å². The molecule has 0 aliphatic heterocycles. The molecular weight excluding hydrogens is 332 g/mol. The van der Waals surface area contributed by atoms with Crippen LogP contribution in [0, 0.1) is 0 Å². The van der Waals surface area contributed by atoms with Gasteiger partial charge in [0.1, 0.15) is 18.1 Å². The Hall–Kier alpha value is -3.09. The van der Waals surface area contributed by atoms with Gasteiger partial charge in [0.2, 0.25) is 11.8 Å². The number of hydrogen-bond donors (Lipinski definition) is 2. The molecule has 0 spiro atoms. The average molecular weight is 354 g/mol. The Morgan fingerprint density at radius 3 is 2.77 bits per heavy atom. The van der Waals surface area contributed by atoms with Gasteiger partial charge in [0.15, 0.2) is 0 Å². The van der Waals surface area contributed by atoms with Crippen LogP contribution in [0.1, 0.15) is 24.9 Å². The minimum Gasteiger partial charge on any atom is -0.467 e. The van der Waals surface area contributed by atoms with E-state index < -0.39 is 0 Å². The third-order valence-corrected chi connectivity index (χ3v) is 4.03. The Morgan fingerprint density at radius 2 is 2.00 bits per heavy atom. The van der Waals surface area contributed by atoms with Crippen LogP contribution >= 0.6 is 0 Å². The van der Waals surface area contributed by atoms with Gasteiger partial charge in [-0.25, -0.2) is 4.98 Å². The molecule has 0 atom stereocenters. The number of fused-ring (bicyclic) bond motifs is 1. The van der Waals surface area contributed by atoms with Gasteiger partial charge in [-0.05, 0) is 30.7 Å². The van der Waals surface area contributed by atoms with E-state index in [4.69, 9.17) is 4.42 Å². The summed E-state index contributed by atoms with van der Waals surface area (Å²) in [4.78, 5) is 28.0. The van der Waals surface area contributed by atoms with Crippen LogP contribution in [-0.2, 0) is 29.1 Å². The SMILES string of the molecule is CC(=O)NCCCc1nc2ccccc2n1CC(=O)NCc1ccco1. The summed E-state index contributed by atoms with van der Waals surface area (Å²) in [5, 5.41) is 5.64. The smallest absolute Gasteiger partial charge is 0.240 e. The van der Waals surface area contributed by atoms with Crippen molar-refractivity contribution in [2.45, 2.75) is 32.9 Å². The predicted octanol–water partition coefficient (Wildman–Crippen LogP) is 2.01. The first-order valence-electron chi connectivity index (χ1n) is 8.61. The number of nitrogens with zero attached hydrogens (tertiary/aromatic N) is 2. The summed E-state index contributed by atoms with van der Waals surface area (Å²) in [6.45, 7) is 2.63. The Morgan fingerprint density at radius 1 is 1.15 bits per heavy atom. The van der Waals surface area contributed by atoms with Gasteiger partial charge in [0, 0.05) is 19.9 Å². The van der Waals surface area contributed by atoms with Gasteiger partial charge in [0.05, 0.1) is 23.8 Å². The van der Waals surface area contributed by atoms with E-state index in [2.05, 4.69) is 15.6 Å². The number of benzene rings is 1. The lowest BCUT2D eigenvalue weighted by molar-refractivity contribution is -0.122. The van der Waals surface area contributed by atoms with Gasteiger partial charge in [0.25, 0.3) is 0 Å². The third-order valence-electron chi connectivity index (χ3n) is 4.03. The molecule has 7 nitrogen and oxygen atoms in total. The molecule has 3 rings (SSSR count). The average Bonchev–Trinajstić information content (AvgIpc) is 3.25. The zero-order valence-electron chi connectivity index (χ0n) is 14.7. The standard InChI is InChI=1S/C19H22N4O3/c1-14(24)20-10-4-9-18-22-16-7-2-3-8-17(16)23(18)13-19(25)21-12-15-6-5-11-26-15/h2-3,5-8,11H,4,9-10,12-13H2,1H3,(H,20,24)(H,21,25). The van der Waals surface area contributed by atoms with Crippen molar-refractivity contribution in [1.82, 2.24) is 20.2 Å². The van der Waals surface area contributed by atoms with Gasteiger partial charge >= 0.3 is 0 Å². The van der Waals surface area contributed by atoms with Crippen molar-refractivity contribution in [2.24, 2.45) is 0 Å². The maximum Gasteiger partial charge on any atom is 0.240 e. The Labute approximate surface area is 151 Å². The highest BCUT2D eigenvalue weighted by molar-refractivity contribution is 5.81. The lowest BCUT2D eigenvalue weighted by Gasteiger charge is -2.10. The summed E-state index contributed by atoms with van der Waals surface area (Å²) in [5.41, 5.74) is 1.79. The van der Waals surface area contributed by atoms with E-state index in [0.29, 0.717) is 25.3 Å². The van der Waals surface area contributed by atoms with Crippen LogP contribution in [0.2, 0.25) is 0 Å². The lowest BCUT2D eigenvalue weighted by atomic mass is 10.3. The maximum absolute atomic E-state index is 12.4. The highest BCUT2D eigenvalue weighted by atomic mass is 16.3. The molecule has 0 radical (unpaired) electrons. The van der Waals surface area contributed by atoms with Gasteiger partial charge in [-0.3, -0.25) is 9.59 Å². The van der Waals surface area contributed by atoms with Gasteiger partial charge < -0.3 is 19.6 Å². The van der Waals surface area contributed by atoms with Crippen molar-refractivity contribution in [3.05, 3.63) is 54.2 Å². The molecule has 26 heavy (non-hydrogen) atoms. The van der Waals surface area contributed by atoms with Crippen molar-refractivity contribution in [2.75, 3.05) is 6.54 Å². The predicted molar refractivity (Wildman–Crippen MR) is 97.3 cm³/mol. The molecule has 7 heteroatoms. The monoisotopic (exact) mass is 354 g/mol. The van der Waals surface area contributed by atoms with E-state index in [1.165, 1.54) is 6.92 Å². The number of amides is 2. The van der Waals surface area contributed by atoms with Gasteiger partial charge in [-0.1, -0.05) is 12.1 Å². The maximum atomic E-state index is 12.4. The van der Waals surface area contributed by atoms with E-state index in [1.54, 1.807) is 12.3 Å². The Bertz CT molecular complexity index is 883. The van der Waals surface area contributed by atoms with Crippen molar-refractivity contribution in [1.29, 1.82) is 0 Å². The molecule has 2 heterocycles. The number of carbonyl (C=O) groups is 2. The first kappa shape index (κ1) is 17.7. The second kappa shape index (κ2) is 8.33. The molecule has 136 valence electrons. The van der Waals surface area contributed by atoms with Crippen LogP contribution in [0.25, 0.3) is 11.0 Å². The van der Waals surface area contributed by atoms with Crippen molar-refractivity contribution < 1.29 is 14.0 Å². The molecule has 3 aromatic rings. The first-order valence-corrected chi connectivity index (χ1v) is 8.61. The second-order valence-corrected chi connectivity index (χ2v) is 6.05. The highest BCUT2D eigenvalue weighted by Crippen LogP contribution is 2.17. The fourth-order valence-electron chi connectivity index (χ4n) is 2.80. The molecule has 0 fully saturated rings. The number of aromatic nitrogens is 2. The van der Waals surface area contributed by atoms with E-state index in [-0.39, 0.29) is 18.4 Å². The fraction of sp³-hybridized carbons (Fsp3) is 0.316. The third kappa shape index (κ3) is 4.50. The molecule has 2 amide bonds. The molecule has 0 saturated carbocycles. The minimum absolute atomic E-state index is 0.0455. The topological polar surface area (TPSA) is 89.2 Å². The zero-order valence-corrected chi connectivity index (χ0v) is 14.7. The van der Waals surface area contributed by atoms with Gasteiger partial charge in [-0.2, -0.15) is 0 Å². The number of para-hydroxylation sites is 2. The van der Waals surface area contributed by atoms with Crippen molar-refractivity contribution in [3.63, 3.8) is 0 Å². The number of furan rings is 1. The summed E-state index contributed by atoms with van der Waals surface area (Å²) in [6, 6.07) is 11.4. The Kier molecular flexibility index (Phi) is 5.68. The molecule has 0 saturated heterocycles. The van der Waals surface area contributed by atoms with Crippen LogP contribution < -0.4 is 10.6 Å². The molecule has 0 aliphatic carbocycles. The molecule has 0 aliphatic rings. The number of rotatable bonds is 8. The van der Waals surface area contributed by atoms with Crippen LogP contribution in [0.3, 0.4) is 0 Å². The minimum atomic E-state index is -0.104. The van der Waals surface area contributed by atoms with Crippen molar-refractivity contribution >= 4 is 22.8 Å². The fourth-order valence-corrected chi connectivity index (χ4v) is 2.80. The number of hydrogen-bond acceptors (Lipinski definition) is 4.